The van der Waals surface area contributed by atoms with Crippen LogP contribution in [0.25, 0.3) is 10.8 Å². The van der Waals surface area contributed by atoms with Crippen molar-refractivity contribution < 1.29 is 23.8 Å². The fourth-order valence-corrected chi connectivity index (χ4v) is 2.65. The molecule has 0 fully saturated rings. The number of aliphatic hydroxyl groups is 1. The van der Waals surface area contributed by atoms with Gasteiger partial charge in [-0.3, -0.25) is 4.79 Å². The van der Waals surface area contributed by atoms with Crippen LogP contribution in [0.15, 0.2) is 47.3 Å². The Labute approximate surface area is 153 Å². The highest BCUT2D eigenvalue weighted by Crippen LogP contribution is 2.19. The lowest BCUT2D eigenvalue weighted by atomic mass is 10.1. The summed E-state index contributed by atoms with van der Waals surface area (Å²) in [5.74, 6) is -1.23. The van der Waals surface area contributed by atoms with Crippen LogP contribution in [-0.4, -0.2) is 34.6 Å². The second-order valence-electron chi connectivity index (χ2n) is 5.69. The minimum absolute atomic E-state index is 0.0480. The summed E-state index contributed by atoms with van der Waals surface area (Å²) in [5, 5.41) is 13.8. The van der Waals surface area contributed by atoms with Gasteiger partial charge in [0.2, 0.25) is 0 Å². The maximum Gasteiger partial charge on any atom is 0.359 e. The van der Waals surface area contributed by atoms with E-state index in [0.29, 0.717) is 16.3 Å². The third-order valence-corrected chi connectivity index (χ3v) is 3.96. The third kappa shape index (κ3) is 3.80. The van der Waals surface area contributed by atoms with E-state index in [1.807, 2.05) is 0 Å². The second kappa shape index (κ2) is 7.96. The number of nitrogens with zero attached hydrogens (tertiary/aromatic N) is 2. The van der Waals surface area contributed by atoms with Gasteiger partial charge in [-0.05, 0) is 23.8 Å². The lowest BCUT2D eigenvalue weighted by Gasteiger charge is -2.10. The van der Waals surface area contributed by atoms with Crippen molar-refractivity contribution in [2.24, 2.45) is 0 Å². The maximum absolute atomic E-state index is 13.7. The van der Waals surface area contributed by atoms with E-state index in [9.17, 15) is 14.0 Å². The van der Waals surface area contributed by atoms with E-state index in [2.05, 4.69) is 5.10 Å². The molecule has 0 amide bonds. The molecule has 27 heavy (non-hydrogen) atoms. The van der Waals surface area contributed by atoms with Crippen LogP contribution in [0.5, 0.6) is 5.75 Å². The average molecular weight is 372 g/mol. The van der Waals surface area contributed by atoms with Gasteiger partial charge in [-0.15, -0.1) is 0 Å². The molecule has 0 radical (unpaired) electrons. The first-order chi connectivity index (χ1) is 13.0. The van der Waals surface area contributed by atoms with E-state index in [-0.39, 0.29) is 31.2 Å². The van der Waals surface area contributed by atoms with Crippen molar-refractivity contribution in [3.63, 3.8) is 0 Å². The van der Waals surface area contributed by atoms with Gasteiger partial charge in [0.1, 0.15) is 6.61 Å². The van der Waals surface area contributed by atoms with Gasteiger partial charge in [0, 0.05) is 5.39 Å². The summed E-state index contributed by atoms with van der Waals surface area (Å²) in [5.41, 5.74) is -0.0179. The average Bonchev–Trinajstić information content (AvgIpc) is 2.68. The number of carbonyl (C=O) groups excluding carboxylic acids is 1. The molecular weight excluding hydrogens is 355 g/mol. The number of aliphatic hydroxyl groups excluding tert-OH is 1. The number of rotatable bonds is 6. The fourth-order valence-electron chi connectivity index (χ4n) is 2.65. The molecule has 0 unspecified atom stereocenters. The van der Waals surface area contributed by atoms with Crippen molar-refractivity contribution in [1.82, 2.24) is 9.78 Å². The largest absolute Gasteiger partial charge is 0.494 e. The number of aromatic nitrogens is 2. The number of esters is 1. The van der Waals surface area contributed by atoms with Gasteiger partial charge in [0.25, 0.3) is 5.56 Å². The van der Waals surface area contributed by atoms with Crippen LogP contribution in [0.3, 0.4) is 0 Å². The standard InChI is InChI=1S/C19H17FN2O5/c1-26-16-7-6-12(10-15(16)20)11-27-19(25)17-13-4-2-3-5-14(13)18(24)22(21-17)8-9-23/h2-7,10,23H,8-9,11H2,1H3. The van der Waals surface area contributed by atoms with Crippen molar-refractivity contribution >= 4 is 16.7 Å². The Kier molecular flexibility index (Phi) is 5.46. The zero-order valence-corrected chi connectivity index (χ0v) is 14.5. The molecule has 2 aromatic carbocycles. The van der Waals surface area contributed by atoms with Crippen LogP contribution in [0.2, 0.25) is 0 Å². The summed E-state index contributed by atoms with van der Waals surface area (Å²) in [6.45, 7) is -0.520. The summed E-state index contributed by atoms with van der Waals surface area (Å²) in [6, 6.07) is 10.7. The molecule has 0 bridgehead atoms. The van der Waals surface area contributed by atoms with Gasteiger partial charge in [-0.1, -0.05) is 24.3 Å². The zero-order valence-electron chi connectivity index (χ0n) is 14.5. The van der Waals surface area contributed by atoms with Crippen molar-refractivity contribution in [3.05, 3.63) is 69.9 Å². The molecular formula is C19H17FN2O5. The molecule has 0 aliphatic rings. The molecule has 0 saturated heterocycles. The Bertz CT molecular complexity index is 1050. The summed E-state index contributed by atoms with van der Waals surface area (Å²) < 4.78 is 24.9. The molecule has 7 nitrogen and oxygen atoms in total. The summed E-state index contributed by atoms with van der Waals surface area (Å²) in [6.07, 6.45) is 0. The number of hydrogen-bond donors (Lipinski definition) is 1. The molecule has 0 atom stereocenters. The Hall–Kier alpha value is -3.26. The maximum atomic E-state index is 13.7. The Morgan fingerprint density at radius 3 is 2.63 bits per heavy atom. The third-order valence-electron chi connectivity index (χ3n) is 3.96. The van der Waals surface area contributed by atoms with E-state index in [1.165, 1.54) is 19.2 Å². The highest BCUT2D eigenvalue weighted by atomic mass is 19.1. The predicted octanol–water partition coefficient (Wildman–Crippen LogP) is 1.89. The Morgan fingerprint density at radius 1 is 1.22 bits per heavy atom. The van der Waals surface area contributed by atoms with Crippen LogP contribution >= 0.6 is 0 Å². The molecule has 140 valence electrons. The highest BCUT2D eigenvalue weighted by molar-refractivity contribution is 6.02. The quantitative estimate of drug-likeness (QED) is 0.665. The second-order valence-corrected chi connectivity index (χ2v) is 5.69. The molecule has 3 rings (SSSR count). The topological polar surface area (TPSA) is 90.7 Å². The highest BCUT2D eigenvalue weighted by Gasteiger charge is 2.18. The van der Waals surface area contributed by atoms with Crippen molar-refractivity contribution in [1.29, 1.82) is 0 Å². The number of halogens is 1. The van der Waals surface area contributed by atoms with Crippen LogP contribution in [0, 0.1) is 5.82 Å². The van der Waals surface area contributed by atoms with Gasteiger partial charge in [-0.25, -0.2) is 13.9 Å². The lowest BCUT2D eigenvalue weighted by molar-refractivity contribution is 0.0464. The van der Waals surface area contributed by atoms with Crippen molar-refractivity contribution in [2.45, 2.75) is 13.2 Å². The summed E-state index contributed by atoms with van der Waals surface area (Å²) in [7, 11) is 1.36. The smallest absolute Gasteiger partial charge is 0.359 e. The minimum Gasteiger partial charge on any atom is -0.494 e. The van der Waals surface area contributed by atoms with Crippen molar-refractivity contribution in [2.75, 3.05) is 13.7 Å². The van der Waals surface area contributed by atoms with Gasteiger partial charge < -0.3 is 14.6 Å². The molecule has 1 aromatic heterocycles. The Balaban J connectivity index is 1.90. The van der Waals surface area contributed by atoms with E-state index >= 15 is 0 Å². The molecule has 1 N–H and O–H groups in total. The molecule has 0 spiro atoms. The minimum atomic E-state index is -0.755. The van der Waals surface area contributed by atoms with Gasteiger partial charge in [0.05, 0.1) is 25.6 Å². The summed E-state index contributed by atoms with van der Waals surface area (Å²) in [4.78, 5) is 24.9. The van der Waals surface area contributed by atoms with Crippen LogP contribution in [0.4, 0.5) is 4.39 Å². The number of benzene rings is 2. The van der Waals surface area contributed by atoms with Crippen molar-refractivity contribution in [3.8, 4) is 5.75 Å². The normalized spacial score (nSPS) is 10.8. The molecule has 0 aliphatic carbocycles. The van der Waals surface area contributed by atoms with Crippen LogP contribution in [0.1, 0.15) is 16.1 Å². The molecule has 8 heteroatoms. The van der Waals surface area contributed by atoms with E-state index in [0.717, 1.165) is 4.68 Å². The number of hydrogen-bond acceptors (Lipinski definition) is 6. The monoisotopic (exact) mass is 372 g/mol. The number of methoxy groups -OCH3 is 1. The fraction of sp³-hybridized carbons (Fsp3) is 0.211. The molecule has 1 heterocycles. The van der Waals surface area contributed by atoms with Gasteiger partial charge in [-0.2, -0.15) is 5.10 Å². The van der Waals surface area contributed by atoms with Gasteiger partial charge in [0.15, 0.2) is 17.3 Å². The predicted molar refractivity (Wildman–Crippen MR) is 95.2 cm³/mol. The first kappa shape index (κ1) is 18.5. The van der Waals surface area contributed by atoms with E-state index in [4.69, 9.17) is 14.6 Å². The lowest BCUT2D eigenvalue weighted by Crippen LogP contribution is -2.27. The van der Waals surface area contributed by atoms with Gasteiger partial charge >= 0.3 is 5.97 Å². The SMILES string of the molecule is COc1ccc(COC(=O)c2nn(CCO)c(=O)c3ccccc23)cc1F. The molecule has 0 aliphatic heterocycles. The van der Waals surface area contributed by atoms with E-state index < -0.39 is 17.3 Å². The van der Waals surface area contributed by atoms with Crippen LogP contribution < -0.4 is 10.3 Å². The first-order valence-electron chi connectivity index (χ1n) is 8.15. The molecule has 0 saturated carbocycles. The zero-order chi connectivity index (χ0) is 19.4. The number of fused-ring (bicyclic) bond motifs is 1. The summed E-state index contributed by atoms with van der Waals surface area (Å²) >= 11 is 0. The number of ether oxygens (including phenoxy) is 2. The Morgan fingerprint density at radius 2 is 1.96 bits per heavy atom. The number of carbonyl (C=O) groups is 1. The van der Waals surface area contributed by atoms with E-state index in [1.54, 1.807) is 30.3 Å². The molecule has 3 aromatic rings. The van der Waals surface area contributed by atoms with Crippen LogP contribution in [-0.2, 0) is 17.9 Å². The first-order valence-corrected chi connectivity index (χ1v) is 8.15.